The molecule has 488 valence electrons. The average molecular weight is 1250 g/mol. The highest BCUT2D eigenvalue weighted by atomic mass is 32.1. The zero-order valence-corrected chi connectivity index (χ0v) is 51.2. The predicted molar refractivity (Wildman–Crippen MR) is 313 cm³/mol. The Morgan fingerprint density at radius 2 is 1.02 bits per heavy atom. The van der Waals surface area contributed by atoms with Gasteiger partial charge in [-0.05, 0) is 84.0 Å². The fourth-order valence-corrected chi connectivity index (χ4v) is 8.79. The minimum absolute atomic E-state index is 0.00437. The number of guanidine groups is 1. The summed E-state index contributed by atoms with van der Waals surface area (Å²) < 4.78 is 0. The highest BCUT2D eigenvalue weighted by molar-refractivity contribution is 7.80. The lowest BCUT2D eigenvalue weighted by atomic mass is 10.0. The summed E-state index contributed by atoms with van der Waals surface area (Å²) in [4.78, 5) is 178. The number of nitrogens with zero attached hydrogens (tertiary/aromatic N) is 2. The van der Waals surface area contributed by atoms with Crippen LogP contribution in [0.15, 0.2) is 4.99 Å². The summed E-state index contributed by atoms with van der Waals surface area (Å²) in [5.41, 5.74) is 21.8. The van der Waals surface area contributed by atoms with E-state index in [9.17, 15) is 82.8 Å². The van der Waals surface area contributed by atoms with Crippen LogP contribution in [-0.2, 0) is 62.3 Å². The summed E-state index contributed by atoms with van der Waals surface area (Å²) in [6.07, 6.45) is -3.24. The van der Waals surface area contributed by atoms with Crippen molar-refractivity contribution in [3.05, 3.63) is 0 Å². The van der Waals surface area contributed by atoms with E-state index in [4.69, 9.17) is 22.9 Å². The quantitative estimate of drug-likeness (QED) is 0.0119. The number of aliphatic imine (C=N–C) groups is 1. The summed E-state index contributed by atoms with van der Waals surface area (Å²) in [6.45, 7) is 14.1. The molecular formula is C52H92N16O17S. The van der Waals surface area contributed by atoms with E-state index in [0.29, 0.717) is 0 Å². The third kappa shape index (κ3) is 26.0. The van der Waals surface area contributed by atoms with Gasteiger partial charge >= 0.3 is 5.97 Å². The van der Waals surface area contributed by atoms with E-state index in [-0.39, 0.29) is 75.2 Å². The number of carboxylic acid groups (broad SMARTS) is 1. The van der Waals surface area contributed by atoms with E-state index in [1.54, 1.807) is 41.5 Å². The van der Waals surface area contributed by atoms with Gasteiger partial charge in [-0.25, -0.2) is 4.79 Å². The highest BCUT2D eigenvalue weighted by Gasteiger charge is 2.41. The van der Waals surface area contributed by atoms with Crippen LogP contribution in [-0.4, -0.2) is 218 Å². The van der Waals surface area contributed by atoms with Crippen molar-refractivity contribution in [2.75, 3.05) is 25.4 Å². The van der Waals surface area contributed by atoms with Crippen molar-refractivity contribution in [1.29, 1.82) is 0 Å². The molecule has 22 N–H and O–H groups in total. The van der Waals surface area contributed by atoms with Gasteiger partial charge in [-0.2, -0.15) is 12.6 Å². The normalized spacial score (nSPS) is 17.6. The number of rotatable bonds is 37. The number of nitrogens with one attached hydrogen (secondary N) is 10. The van der Waals surface area contributed by atoms with Crippen molar-refractivity contribution in [3.8, 4) is 0 Å². The Hall–Kier alpha value is -7.43. The van der Waals surface area contributed by atoms with E-state index >= 15 is 0 Å². The monoisotopic (exact) mass is 1240 g/mol. The molecule has 0 unspecified atom stereocenters. The van der Waals surface area contributed by atoms with Crippen LogP contribution in [0.3, 0.4) is 0 Å². The van der Waals surface area contributed by atoms with Gasteiger partial charge in [-0.3, -0.25) is 62.5 Å². The van der Waals surface area contributed by atoms with Crippen LogP contribution in [0.25, 0.3) is 0 Å². The van der Waals surface area contributed by atoms with Gasteiger partial charge in [0.15, 0.2) is 5.96 Å². The second-order valence-corrected chi connectivity index (χ2v) is 22.7. The Morgan fingerprint density at radius 1 is 0.558 bits per heavy atom. The van der Waals surface area contributed by atoms with Crippen LogP contribution in [0.1, 0.15) is 114 Å². The number of hydrogen-bond acceptors (Lipinski definition) is 19. The third-order valence-electron chi connectivity index (χ3n) is 13.4. The summed E-state index contributed by atoms with van der Waals surface area (Å²) in [5.74, 6) is -14.3. The van der Waals surface area contributed by atoms with E-state index in [2.05, 4.69) is 70.8 Å². The average Bonchev–Trinajstić information content (AvgIpc) is 2.48. The molecule has 0 aliphatic carbocycles. The molecule has 14 atom stereocenters. The molecule has 1 fully saturated rings. The Bertz CT molecular complexity index is 2410. The van der Waals surface area contributed by atoms with Crippen molar-refractivity contribution in [2.45, 2.75) is 199 Å². The Kier molecular flexibility index (Phi) is 33.1. The van der Waals surface area contributed by atoms with Crippen molar-refractivity contribution in [3.63, 3.8) is 0 Å². The first-order chi connectivity index (χ1) is 40.0. The molecule has 1 heterocycles. The SMILES string of the molecule is CC(C)C[C@H](NC(=O)[C@H](C)NC(=O)[C@H](CCCN=C(N)N)NC(=O)[C@H](CC(C)C)NC(=O)[C@@H](NC(=O)[C@@H]1CCCN1C(=O)[C@H](CS)NC(=O)[C@@H](NC(=O)[C@H](C)NC(=O)[C@H](CC(N)=O)NC(=O)[C@H](CO)NC(=O)[C@@H](N)[C@@H](C)O)C(C)C)[C@@H](C)O)C(=O)O. The van der Waals surface area contributed by atoms with Gasteiger partial charge < -0.3 is 101 Å². The molecule has 1 aliphatic heterocycles. The zero-order valence-electron chi connectivity index (χ0n) is 50.3. The number of amides is 12. The molecule has 33 nitrogen and oxygen atoms in total. The van der Waals surface area contributed by atoms with E-state index in [1.807, 2.05) is 0 Å². The number of aliphatic hydroxyl groups excluding tert-OH is 3. The Labute approximate surface area is 504 Å². The standard InChI is InChI=1S/C52H92N16O17S/c1-22(2)17-30(44(77)60-29(13-11-15-57-52(55)56)42(75)58-25(7)40(73)63-32(51(84)85)18-23(3)4)62-49(82)39(28(10)71)67-46(79)35-14-12-16-68(35)50(83)34(21-86)65-48(81)38(24(5)6)66-41(74)26(8)59-43(76)31(19-36(53)72)61-45(78)33(20-69)64-47(80)37(54)27(9)70/h22-35,37-39,69-71,86H,11-21,54H2,1-10H3,(H2,53,72)(H,58,75)(H,59,76)(H,60,77)(H,61,78)(H,62,82)(H,63,73)(H,64,80)(H,65,81)(H,66,74)(H,67,79)(H,84,85)(H4,55,56,57)/t25-,26-,27+,28+,29-,30-,31-,32-,33-,34-,35-,37-,38-,39-/m0/s1. The van der Waals surface area contributed by atoms with Crippen LogP contribution in [0, 0.1) is 17.8 Å². The van der Waals surface area contributed by atoms with Gasteiger partial charge in [0.05, 0.1) is 25.2 Å². The first kappa shape index (κ1) is 76.6. The number of thiol groups is 1. The molecule has 1 aliphatic rings. The number of carbonyl (C=O) groups excluding carboxylic acids is 12. The van der Waals surface area contributed by atoms with E-state index < -0.39 is 181 Å². The fraction of sp³-hybridized carbons (Fsp3) is 0.731. The minimum Gasteiger partial charge on any atom is -0.480 e. The van der Waals surface area contributed by atoms with Gasteiger partial charge in [-0.15, -0.1) is 0 Å². The summed E-state index contributed by atoms with van der Waals surface area (Å²) in [7, 11) is 0. The topological polar surface area (TPSA) is 543 Å². The number of aliphatic carboxylic acids is 1. The molecule has 0 aromatic carbocycles. The lowest BCUT2D eigenvalue weighted by Gasteiger charge is -2.31. The van der Waals surface area contributed by atoms with Crippen LogP contribution < -0.4 is 76.1 Å². The molecule has 34 heteroatoms. The molecular weight excluding hydrogens is 1150 g/mol. The van der Waals surface area contributed by atoms with Crippen LogP contribution in [0.5, 0.6) is 0 Å². The Morgan fingerprint density at radius 3 is 1.51 bits per heavy atom. The number of primary amides is 1. The smallest absolute Gasteiger partial charge is 0.326 e. The van der Waals surface area contributed by atoms with Gasteiger partial charge in [0.25, 0.3) is 0 Å². The maximum atomic E-state index is 14.2. The predicted octanol–water partition coefficient (Wildman–Crippen LogP) is -7.36. The number of carbonyl (C=O) groups is 13. The fourth-order valence-electron chi connectivity index (χ4n) is 8.54. The molecule has 0 aromatic rings. The molecule has 0 aromatic heterocycles. The van der Waals surface area contributed by atoms with Gasteiger partial charge in [-0.1, -0.05) is 41.5 Å². The lowest BCUT2D eigenvalue weighted by Crippen LogP contribution is -2.62. The third-order valence-corrected chi connectivity index (χ3v) is 13.7. The highest BCUT2D eigenvalue weighted by Crippen LogP contribution is 2.20. The number of aliphatic hydroxyl groups is 3. The second-order valence-electron chi connectivity index (χ2n) is 22.3. The summed E-state index contributed by atoms with van der Waals surface area (Å²) in [5, 5.41) is 63.9. The van der Waals surface area contributed by atoms with Crippen LogP contribution in [0.2, 0.25) is 0 Å². The van der Waals surface area contributed by atoms with E-state index in [0.717, 1.165) is 4.90 Å². The lowest BCUT2D eigenvalue weighted by molar-refractivity contribution is -0.143. The van der Waals surface area contributed by atoms with Crippen molar-refractivity contribution < 1.29 is 82.8 Å². The van der Waals surface area contributed by atoms with Gasteiger partial charge in [0, 0.05) is 18.8 Å². The Balaban J connectivity index is 3.27. The second kappa shape index (κ2) is 37.2. The van der Waals surface area contributed by atoms with Crippen molar-refractivity contribution in [2.24, 2.45) is 45.7 Å². The summed E-state index contributed by atoms with van der Waals surface area (Å²) in [6, 6.07) is -17.4. The molecule has 0 bridgehead atoms. The van der Waals surface area contributed by atoms with Crippen molar-refractivity contribution >= 4 is 95.4 Å². The van der Waals surface area contributed by atoms with Crippen LogP contribution >= 0.6 is 12.6 Å². The first-order valence-electron chi connectivity index (χ1n) is 28.2. The molecule has 0 saturated carbocycles. The zero-order chi connectivity index (χ0) is 66.0. The summed E-state index contributed by atoms with van der Waals surface area (Å²) >= 11 is 4.27. The number of carboxylic acids is 1. The first-order valence-corrected chi connectivity index (χ1v) is 28.8. The number of hydrogen-bond donors (Lipinski definition) is 19. The molecule has 86 heavy (non-hydrogen) atoms. The maximum Gasteiger partial charge on any atom is 0.326 e. The van der Waals surface area contributed by atoms with E-state index in [1.165, 1.54) is 27.7 Å². The van der Waals surface area contributed by atoms with Crippen LogP contribution in [0.4, 0.5) is 0 Å². The molecule has 12 amide bonds. The van der Waals surface area contributed by atoms with Gasteiger partial charge in [0.2, 0.25) is 70.9 Å². The van der Waals surface area contributed by atoms with Gasteiger partial charge in [0.1, 0.15) is 72.5 Å². The molecule has 0 radical (unpaired) electrons. The van der Waals surface area contributed by atoms with Crippen molar-refractivity contribution in [1.82, 2.24) is 58.1 Å². The minimum atomic E-state index is -1.74. The number of nitrogens with two attached hydrogens (primary N) is 4. The molecule has 1 saturated heterocycles. The number of likely N-dealkylation sites (tertiary alicyclic amines) is 1. The maximum absolute atomic E-state index is 14.2. The molecule has 1 rings (SSSR count). The largest absolute Gasteiger partial charge is 0.480 e. The molecule has 0 spiro atoms.